The maximum Gasteiger partial charge on any atom is 0.342 e. The van der Waals surface area contributed by atoms with Crippen LogP contribution in [0.3, 0.4) is 0 Å². The first kappa shape index (κ1) is 19.2. The van der Waals surface area contributed by atoms with Gasteiger partial charge in [0.2, 0.25) is 0 Å². The van der Waals surface area contributed by atoms with Crippen molar-refractivity contribution >= 4 is 17.0 Å². The van der Waals surface area contributed by atoms with Gasteiger partial charge in [-0.25, -0.2) is 19.2 Å². The maximum absolute atomic E-state index is 14.4. The Labute approximate surface area is 167 Å². The van der Waals surface area contributed by atoms with E-state index in [0.717, 1.165) is 12.8 Å². The molecule has 0 atom stereocenters. The number of methoxy groups -OCH3 is 1. The van der Waals surface area contributed by atoms with Crippen LogP contribution in [0.5, 0.6) is 11.5 Å². The largest absolute Gasteiger partial charge is 0.494 e. The van der Waals surface area contributed by atoms with E-state index in [1.165, 1.54) is 19.5 Å². The van der Waals surface area contributed by atoms with Gasteiger partial charge in [0.25, 0.3) is 0 Å². The zero-order chi connectivity index (χ0) is 20.5. The number of ether oxygens (including phenoxy) is 3. The molecule has 2 heterocycles. The van der Waals surface area contributed by atoms with Crippen LogP contribution in [0.4, 0.5) is 4.39 Å². The van der Waals surface area contributed by atoms with Crippen LogP contribution in [0.1, 0.15) is 35.8 Å². The number of halogens is 1. The zero-order valence-electron chi connectivity index (χ0n) is 16.5. The van der Waals surface area contributed by atoms with E-state index in [-0.39, 0.29) is 12.4 Å². The molecule has 1 saturated carbocycles. The Balaban J connectivity index is 1.87. The number of fused-ring (bicyclic) bond motifs is 1. The average Bonchev–Trinajstić information content (AvgIpc) is 3.46. The molecule has 0 spiro atoms. The van der Waals surface area contributed by atoms with Gasteiger partial charge in [0.05, 0.1) is 25.8 Å². The number of H-pyrrole nitrogens is 1. The number of carbonyl (C=O) groups excluding carboxylic acids is 1. The molecule has 0 radical (unpaired) electrons. The summed E-state index contributed by atoms with van der Waals surface area (Å²) in [5.74, 6) is -0.00818. The molecule has 1 aromatic carbocycles. The van der Waals surface area contributed by atoms with Crippen molar-refractivity contribution in [2.75, 3.05) is 20.3 Å². The van der Waals surface area contributed by atoms with Gasteiger partial charge in [-0.15, -0.1) is 0 Å². The summed E-state index contributed by atoms with van der Waals surface area (Å²) in [6.07, 6.45) is 3.60. The van der Waals surface area contributed by atoms with Crippen LogP contribution in [0.25, 0.3) is 22.3 Å². The number of nitrogens with zero attached hydrogens (tertiary/aromatic N) is 2. The topological polar surface area (TPSA) is 86.3 Å². The van der Waals surface area contributed by atoms with Crippen LogP contribution in [-0.4, -0.2) is 41.2 Å². The second-order valence-corrected chi connectivity index (χ2v) is 7.03. The summed E-state index contributed by atoms with van der Waals surface area (Å²) in [4.78, 5) is 24.2. The molecule has 1 aliphatic rings. The fourth-order valence-corrected chi connectivity index (χ4v) is 3.27. The van der Waals surface area contributed by atoms with Gasteiger partial charge in [-0.1, -0.05) is 0 Å². The molecule has 7 nitrogen and oxygen atoms in total. The van der Waals surface area contributed by atoms with Crippen LogP contribution in [0.2, 0.25) is 0 Å². The highest BCUT2D eigenvalue weighted by atomic mass is 19.1. The minimum atomic E-state index is -0.512. The van der Waals surface area contributed by atoms with Gasteiger partial charge >= 0.3 is 5.97 Å². The summed E-state index contributed by atoms with van der Waals surface area (Å²) in [5.41, 5.74) is 3.04. The maximum atomic E-state index is 14.4. The molecular weight excluding hydrogens is 377 g/mol. The van der Waals surface area contributed by atoms with Crippen LogP contribution >= 0.6 is 0 Å². The minimum absolute atomic E-state index is 0.0828. The molecule has 2 aromatic heterocycles. The van der Waals surface area contributed by atoms with Crippen LogP contribution in [-0.2, 0) is 4.74 Å². The molecule has 1 aliphatic carbocycles. The number of hydrogen-bond acceptors (Lipinski definition) is 6. The molecule has 1 N–H and O–H groups in total. The van der Waals surface area contributed by atoms with Gasteiger partial charge < -0.3 is 19.2 Å². The lowest BCUT2D eigenvalue weighted by atomic mass is 10.1. The molecule has 3 aromatic rings. The van der Waals surface area contributed by atoms with Crippen molar-refractivity contribution in [3.63, 3.8) is 0 Å². The van der Waals surface area contributed by atoms with Crippen molar-refractivity contribution < 1.29 is 23.4 Å². The monoisotopic (exact) mass is 399 g/mol. The summed E-state index contributed by atoms with van der Waals surface area (Å²) in [6.45, 7) is 4.30. The van der Waals surface area contributed by atoms with Crippen LogP contribution in [0.15, 0.2) is 18.5 Å². The van der Waals surface area contributed by atoms with Gasteiger partial charge in [-0.05, 0) is 38.7 Å². The SMILES string of the molecule is CCOC(=O)c1c(C)[nH]c2c(-c3cc(OC)c(F)cc3OCC3CC3)ncnc12. The van der Waals surface area contributed by atoms with Gasteiger partial charge in [0.15, 0.2) is 11.6 Å². The van der Waals surface area contributed by atoms with Crippen molar-refractivity contribution in [1.29, 1.82) is 0 Å². The van der Waals surface area contributed by atoms with Gasteiger partial charge in [0, 0.05) is 17.3 Å². The third-order valence-corrected chi connectivity index (χ3v) is 4.93. The highest BCUT2D eigenvalue weighted by molar-refractivity contribution is 6.07. The highest BCUT2D eigenvalue weighted by Crippen LogP contribution is 2.39. The Hall–Kier alpha value is -3.16. The predicted octanol–water partition coefficient (Wildman–Crippen LogP) is 4.05. The standard InChI is InChI=1S/C21H22FN3O4/c1-4-28-21(26)17-11(2)25-20-18(23-10-24-19(17)20)13-7-16(27-3)14(22)8-15(13)29-9-12-5-6-12/h7-8,10,12,25H,4-6,9H2,1-3H3. The number of aromatic nitrogens is 3. The minimum Gasteiger partial charge on any atom is -0.494 e. The predicted molar refractivity (Wildman–Crippen MR) is 105 cm³/mol. The molecule has 0 amide bonds. The number of aromatic amines is 1. The van der Waals surface area contributed by atoms with E-state index in [1.807, 2.05) is 0 Å². The lowest BCUT2D eigenvalue weighted by Crippen LogP contribution is -2.06. The van der Waals surface area contributed by atoms with Gasteiger partial charge in [0.1, 0.15) is 28.9 Å². The van der Waals surface area contributed by atoms with Crippen molar-refractivity contribution in [2.24, 2.45) is 5.92 Å². The Bertz CT molecular complexity index is 1080. The normalized spacial score (nSPS) is 13.5. The Morgan fingerprint density at radius 3 is 2.76 bits per heavy atom. The molecule has 0 saturated heterocycles. The number of rotatable bonds is 7. The molecule has 0 unspecified atom stereocenters. The first-order valence-corrected chi connectivity index (χ1v) is 9.54. The number of aryl methyl sites for hydroxylation is 1. The second-order valence-electron chi connectivity index (χ2n) is 7.03. The van der Waals surface area contributed by atoms with E-state index < -0.39 is 11.8 Å². The van der Waals surface area contributed by atoms with Crippen LogP contribution < -0.4 is 9.47 Å². The fraction of sp³-hybridized carbons (Fsp3) is 0.381. The van der Waals surface area contributed by atoms with E-state index in [2.05, 4.69) is 15.0 Å². The molecule has 0 bridgehead atoms. The number of nitrogens with one attached hydrogen (secondary N) is 1. The van der Waals surface area contributed by atoms with Crippen molar-refractivity contribution in [3.8, 4) is 22.8 Å². The summed E-state index contributed by atoms with van der Waals surface area (Å²) in [7, 11) is 1.40. The summed E-state index contributed by atoms with van der Waals surface area (Å²) in [5, 5.41) is 0. The molecule has 29 heavy (non-hydrogen) atoms. The number of esters is 1. The third-order valence-electron chi connectivity index (χ3n) is 4.93. The average molecular weight is 399 g/mol. The van der Waals surface area contributed by atoms with Crippen molar-refractivity contribution in [2.45, 2.75) is 26.7 Å². The molecule has 152 valence electrons. The van der Waals surface area contributed by atoms with E-state index in [1.54, 1.807) is 19.9 Å². The van der Waals surface area contributed by atoms with E-state index in [4.69, 9.17) is 14.2 Å². The van der Waals surface area contributed by atoms with E-state index in [0.29, 0.717) is 51.8 Å². The Morgan fingerprint density at radius 1 is 1.28 bits per heavy atom. The summed E-state index contributed by atoms with van der Waals surface area (Å²) < 4.78 is 30.6. The van der Waals surface area contributed by atoms with Gasteiger partial charge in [-0.2, -0.15) is 0 Å². The lowest BCUT2D eigenvalue weighted by Gasteiger charge is -2.14. The molecule has 8 heteroatoms. The Morgan fingerprint density at radius 2 is 2.07 bits per heavy atom. The fourth-order valence-electron chi connectivity index (χ4n) is 3.27. The molecule has 0 aliphatic heterocycles. The molecular formula is C21H22FN3O4. The summed E-state index contributed by atoms with van der Waals surface area (Å²) in [6, 6.07) is 2.87. The van der Waals surface area contributed by atoms with Gasteiger partial charge in [-0.3, -0.25) is 0 Å². The quantitative estimate of drug-likeness (QED) is 0.603. The molecule has 1 fully saturated rings. The third kappa shape index (κ3) is 3.62. The lowest BCUT2D eigenvalue weighted by molar-refractivity contribution is 0.0527. The smallest absolute Gasteiger partial charge is 0.342 e. The number of benzene rings is 1. The first-order valence-electron chi connectivity index (χ1n) is 9.54. The Kier molecular flexibility index (Phi) is 5.08. The van der Waals surface area contributed by atoms with E-state index in [9.17, 15) is 9.18 Å². The number of carbonyl (C=O) groups is 1. The molecule has 4 rings (SSSR count). The summed E-state index contributed by atoms with van der Waals surface area (Å²) >= 11 is 0. The van der Waals surface area contributed by atoms with Crippen molar-refractivity contribution in [3.05, 3.63) is 35.5 Å². The zero-order valence-corrected chi connectivity index (χ0v) is 16.5. The first-order chi connectivity index (χ1) is 14.0. The van der Waals surface area contributed by atoms with Crippen LogP contribution in [0, 0.1) is 18.7 Å². The van der Waals surface area contributed by atoms with Crippen molar-refractivity contribution in [1.82, 2.24) is 15.0 Å². The van der Waals surface area contributed by atoms with E-state index >= 15 is 0 Å². The second kappa shape index (κ2) is 7.69. The highest BCUT2D eigenvalue weighted by Gasteiger charge is 2.26. The number of hydrogen-bond donors (Lipinski definition) is 1.